The maximum absolute atomic E-state index is 10.4. The molecule has 6 heteroatoms. The molecular formula is C23H42ClNO3S. The predicted octanol–water partition coefficient (Wildman–Crippen LogP) is 6.12. The fraction of sp³-hybridized carbons (Fsp3) is 0.739. The number of hydrogen-bond donors (Lipinski definition) is 0. The number of nitrogens with zero attached hydrogens (tertiary/aromatic N) is 1. The first-order valence-corrected chi connectivity index (χ1v) is 13.1. The number of rotatable bonds is 14. The van der Waals surface area contributed by atoms with Gasteiger partial charge < -0.3 is 9.04 Å². The first-order valence-electron chi connectivity index (χ1n) is 11.2. The highest BCUT2D eigenvalue weighted by Crippen LogP contribution is 2.16. The van der Waals surface area contributed by atoms with E-state index in [2.05, 4.69) is 20.8 Å². The summed E-state index contributed by atoms with van der Waals surface area (Å²) in [7, 11) is -4.27. The maximum Gasteiger partial charge on any atom is 0.124 e. The molecule has 0 saturated carbocycles. The highest BCUT2D eigenvalue weighted by Gasteiger charge is 2.24. The SMILES string of the molecule is CCCCCC[N+](CCCl)(CCCC)CCCC.Cc1ccc(S(=O)(=O)[O-])cc1. The van der Waals surface area contributed by atoms with Gasteiger partial charge >= 0.3 is 0 Å². The van der Waals surface area contributed by atoms with Gasteiger partial charge in [0.15, 0.2) is 0 Å². The number of unbranched alkanes of at least 4 members (excludes halogenated alkanes) is 5. The third-order valence-electron chi connectivity index (χ3n) is 5.33. The minimum atomic E-state index is -4.27. The Morgan fingerprint density at radius 2 is 1.28 bits per heavy atom. The monoisotopic (exact) mass is 447 g/mol. The van der Waals surface area contributed by atoms with Gasteiger partial charge in [-0.25, -0.2) is 8.42 Å². The summed E-state index contributed by atoms with van der Waals surface area (Å²) in [6.07, 6.45) is 10.8. The van der Waals surface area contributed by atoms with Crippen molar-refractivity contribution in [3.8, 4) is 0 Å². The Morgan fingerprint density at radius 1 is 0.793 bits per heavy atom. The largest absolute Gasteiger partial charge is 0.744 e. The summed E-state index contributed by atoms with van der Waals surface area (Å²) < 4.78 is 32.5. The molecule has 0 aliphatic carbocycles. The van der Waals surface area contributed by atoms with E-state index in [0.29, 0.717) is 0 Å². The summed E-state index contributed by atoms with van der Waals surface area (Å²) in [5, 5.41) is 0. The Morgan fingerprint density at radius 3 is 1.69 bits per heavy atom. The molecule has 0 unspecified atom stereocenters. The van der Waals surface area contributed by atoms with Crippen LogP contribution in [0.3, 0.4) is 0 Å². The smallest absolute Gasteiger partial charge is 0.124 e. The molecule has 0 bridgehead atoms. The molecule has 0 spiro atoms. The van der Waals surface area contributed by atoms with Crippen molar-refractivity contribution in [2.45, 2.75) is 84.0 Å². The Hall–Kier alpha value is -0.620. The second-order valence-corrected chi connectivity index (χ2v) is 9.72. The van der Waals surface area contributed by atoms with Crippen molar-refractivity contribution in [3.63, 3.8) is 0 Å². The van der Waals surface area contributed by atoms with E-state index >= 15 is 0 Å². The number of alkyl halides is 1. The highest BCUT2D eigenvalue weighted by molar-refractivity contribution is 7.85. The molecule has 4 nitrogen and oxygen atoms in total. The van der Waals surface area contributed by atoms with E-state index in [0.717, 1.165) is 11.4 Å². The molecular weight excluding hydrogens is 406 g/mol. The molecule has 0 aromatic heterocycles. The molecule has 1 aromatic rings. The molecule has 0 amide bonds. The molecule has 0 fully saturated rings. The Balaban J connectivity index is 0.000000604. The lowest BCUT2D eigenvalue weighted by Crippen LogP contribution is -2.51. The molecule has 29 heavy (non-hydrogen) atoms. The summed E-state index contributed by atoms with van der Waals surface area (Å²) in [6.45, 7) is 13.9. The van der Waals surface area contributed by atoms with E-state index in [4.69, 9.17) is 11.6 Å². The number of quaternary nitrogens is 1. The lowest BCUT2D eigenvalue weighted by molar-refractivity contribution is -0.926. The third kappa shape index (κ3) is 13.3. The second kappa shape index (κ2) is 16.1. The van der Waals surface area contributed by atoms with Crippen LogP contribution >= 0.6 is 11.6 Å². The molecule has 0 saturated heterocycles. The zero-order chi connectivity index (χ0) is 22.2. The van der Waals surface area contributed by atoms with Crippen LogP contribution in [0.5, 0.6) is 0 Å². The number of hydrogen-bond acceptors (Lipinski definition) is 3. The van der Waals surface area contributed by atoms with Crippen LogP contribution in [0.25, 0.3) is 0 Å². The molecule has 1 rings (SSSR count). The number of benzene rings is 1. The molecule has 0 aliphatic heterocycles. The summed E-state index contributed by atoms with van der Waals surface area (Å²) >= 11 is 6.07. The molecule has 0 heterocycles. The van der Waals surface area contributed by atoms with Crippen LogP contribution in [0.4, 0.5) is 0 Å². The Bertz CT molecular complexity index is 610. The van der Waals surface area contributed by atoms with Gasteiger partial charge in [-0.05, 0) is 44.7 Å². The highest BCUT2D eigenvalue weighted by atomic mass is 35.5. The van der Waals surface area contributed by atoms with Crippen molar-refractivity contribution < 1.29 is 17.5 Å². The van der Waals surface area contributed by atoms with Crippen LogP contribution in [0.15, 0.2) is 29.2 Å². The average molecular weight is 448 g/mol. The molecule has 170 valence electrons. The quantitative estimate of drug-likeness (QED) is 0.149. The Labute approximate surface area is 185 Å². The topological polar surface area (TPSA) is 57.2 Å². The van der Waals surface area contributed by atoms with Gasteiger partial charge in [0.25, 0.3) is 0 Å². The zero-order valence-electron chi connectivity index (χ0n) is 19.0. The average Bonchev–Trinajstić information content (AvgIpc) is 2.68. The van der Waals surface area contributed by atoms with Gasteiger partial charge in [-0.15, -0.1) is 11.6 Å². The normalized spacial score (nSPS) is 11.8. The van der Waals surface area contributed by atoms with Gasteiger partial charge in [-0.2, -0.15) is 0 Å². The summed E-state index contributed by atoms with van der Waals surface area (Å²) in [5.74, 6) is 0.821. The van der Waals surface area contributed by atoms with Crippen molar-refractivity contribution in [1.29, 1.82) is 0 Å². The van der Waals surface area contributed by atoms with Gasteiger partial charge in [0.1, 0.15) is 10.1 Å². The van der Waals surface area contributed by atoms with Crippen LogP contribution in [-0.4, -0.2) is 49.5 Å². The molecule has 0 radical (unpaired) electrons. The standard InChI is InChI=1S/C16H35ClN.C7H8O3S/c1-4-7-10-11-15-18(16-12-17,13-8-5-2)14-9-6-3;1-6-2-4-7(5-3-6)11(8,9)10/h4-16H2,1-3H3;2-5H,1H3,(H,8,9,10)/q+1;/p-1. The van der Waals surface area contributed by atoms with Crippen LogP contribution in [0.1, 0.15) is 77.7 Å². The van der Waals surface area contributed by atoms with E-state index in [9.17, 15) is 13.0 Å². The van der Waals surface area contributed by atoms with Crippen molar-refractivity contribution >= 4 is 21.7 Å². The second-order valence-electron chi connectivity index (χ2n) is 7.96. The Kier molecular flexibility index (Phi) is 15.8. The fourth-order valence-corrected chi connectivity index (χ4v) is 4.24. The number of aryl methyl sites for hydroxylation is 1. The molecule has 0 aliphatic rings. The van der Waals surface area contributed by atoms with E-state index in [-0.39, 0.29) is 4.90 Å². The van der Waals surface area contributed by atoms with Crippen LogP contribution in [0.2, 0.25) is 0 Å². The van der Waals surface area contributed by atoms with Gasteiger partial charge in [0.05, 0.1) is 37.0 Å². The van der Waals surface area contributed by atoms with Gasteiger partial charge in [0.2, 0.25) is 0 Å². The molecule has 0 atom stereocenters. The number of halogens is 1. The first kappa shape index (κ1) is 28.4. The third-order valence-corrected chi connectivity index (χ3v) is 6.35. The first-order chi connectivity index (χ1) is 13.7. The zero-order valence-corrected chi connectivity index (χ0v) is 20.5. The van der Waals surface area contributed by atoms with Gasteiger partial charge in [0, 0.05) is 0 Å². The van der Waals surface area contributed by atoms with Gasteiger partial charge in [-0.3, -0.25) is 0 Å². The van der Waals surface area contributed by atoms with Crippen molar-refractivity contribution in [1.82, 2.24) is 0 Å². The maximum atomic E-state index is 10.4. The van der Waals surface area contributed by atoms with Gasteiger partial charge in [-0.1, -0.05) is 64.2 Å². The summed E-state index contributed by atoms with van der Waals surface area (Å²) in [6, 6.07) is 5.78. The summed E-state index contributed by atoms with van der Waals surface area (Å²) in [4.78, 5) is -0.178. The van der Waals surface area contributed by atoms with Crippen LogP contribution in [0, 0.1) is 6.92 Å². The predicted molar refractivity (Wildman–Crippen MR) is 124 cm³/mol. The lowest BCUT2D eigenvalue weighted by Gasteiger charge is -2.39. The van der Waals surface area contributed by atoms with Crippen molar-refractivity contribution in [2.24, 2.45) is 0 Å². The van der Waals surface area contributed by atoms with E-state index < -0.39 is 10.1 Å². The van der Waals surface area contributed by atoms with Crippen molar-refractivity contribution in [3.05, 3.63) is 29.8 Å². The minimum Gasteiger partial charge on any atom is -0.744 e. The molecule has 1 aromatic carbocycles. The minimum absolute atomic E-state index is 0.178. The van der Waals surface area contributed by atoms with Crippen LogP contribution < -0.4 is 0 Å². The fourth-order valence-electron chi connectivity index (χ4n) is 3.42. The molecule has 0 N–H and O–H groups in total. The van der Waals surface area contributed by atoms with E-state index in [1.54, 1.807) is 12.1 Å². The van der Waals surface area contributed by atoms with Crippen molar-refractivity contribution in [2.75, 3.05) is 32.1 Å². The lowest BCUT2D eigenvalue weighted by atomic mass is 10.1. The van der Waals surface area contributed by atoms with Crippen LogP contribution in [-0.2, 0) is 10.1 Å². The van der Waals surface area contributed by atoms with E-state index in [1.807, 2.05) is 6.92 Å². The summed E-state index contributed by atoms with van der Waals surface area (Å²) in [5.41, 5.74) is 0.928. The van der Waals surface area contributed by atoms with E-state index in [1.165, 1.54) is 94.2 Å².